The van der Waals surface area contributed by atoms with Crippen molar-refractivity contribution in [2.45, 2.75) is 27.7 Å². The van der Waals surface area contributed by atoms with Crippen molar-refractivity contribution in [3.8, 4) is 0 Å². The molecule has 0 aromatic carbocycles. The van der Waals surface area contributed by atoms with E-state index in [1.165, 1.54) is 0 Å². The van der Waals surface area contributed by atoms with Crippen LogP contribution in [0.25, 0.3) is 0 Å². The summed E-state index contributed by atoms with van der Waals surface area (Å²) in [6.45, 7) is 11.6. The van der Waals surface area contributed by atoms with Crippen molar-refractivity contribution < 1.29 is 22.8 Å². The van der Waals surface area contributed by atoms with Crippen LogP contribution < -0.4 is 10.0 Å². The molecule has 0 amide bonds. The average Bonchev–Trinajstić information content (AvgIpc) is 2.28. The Balaban J connectivity index is -0.000000266. The summed E-state index contributed by atoms with van der Waals surface area (Å²) in [5.41, 5.74) is 0. The minimum Gasteiger partial charge on any atom is -0.867 e. The van der Waals surface area contributed by atoms with Crippen LogP contribution in [0.4, 0.5) is 4.32 Å². The van der Waals surface area contributed by atoms with Gasteiger partial charge >= 0.3 is 0 Å². The molecular formula is C12H32BFN2O4S2. The van der Waals surface area contributed by atoms with Crippen LogP contribution in [0.5, 0.6) is 0 Å². The summed E-state index contributed by atoms with van der Waals surface area (Å²) in [5.74, 6) is 0. The van der Waals surface area contributed by atoms with E-state index in [0.717, 1.165) is 26.2 Å². The second kappa shape index (κ2) is 13.6. The van der Waals surface area contributed by atoms with Crippen LogP contribution in [0.1, 0.15) is 27.7 Å². The highest BCUT2D eigenvalue weighted by Gasteiger charge is 2.21. The van der Waals surface area contributed by atoms with Gasteiger partial charge in [-0.25, -0.2) is 0 Å². The van der Waals surface area contributed by atoms with Crippen LogP contribution >= 0.6 is 0 Å². The summed E-state index contributed by atoms with van der Waals surface area (Å²) in [4.78, 5) is 0. The topological polar surface area (TPSA) is 86.7 Å². The zero-order valence-electron chi connectivity index (χ0n) is 15.1. The largest absolute Gasteiger partial charge is 0.867 e. The number of nitrogens with zero attached hydrogens (tertiary/aromatic N) is 2. The van der Waals surface area contributed by atoms with Gasteiger partial charge in [0.25, 0.3) is 0 Å². The summed E-state index contributed by atoms with van der Waals surface area (Å²) in [7, 11) is -6.53. The highest BCUT2D eigenvalue weighted by Crippen LogP contribution is 2.02. The summed E-state index contributed by atoms with van der Waals surface area (Å²) >= 11 is 0. The van der Waals surface area contributed by atoms with Crippen molar-refractivity contribution in [1.82, 2.24) is 8.61 Å². The molecule has 0 saturated carbocycles. The third-order valence-electron chi connectivity index (χ3n) is 2.65. The average molecular weight is 362 g/mol. The maximum Gasteiger partial charge on any atom is 0.152 e. The third kappa shape index (κ3) is 18.2. The van der Waals surface area contributed by atoms with E-state index in [9.17, 15) is 12.7 Å². The van der Waals surface area contributed by atoms with Gasteiger partial charge in [-0.2, -0.15) is 0 Å². The van der Waals surface area contributed by atoms with E-state index < -0.39 is 27.6 Å². The van der Waals surface area contributed by atoms with E-state index in [2.05, 4.69) is 0 Å². The molecule has 0 aromatic rings. The first kappa shape index (κ1) is 27.0. The lowest BCUT2D eigenvalue weighted by atomic mass is 10.3. The van der Waals surface area contributed by atoms with Crippen LogP contribution in [0.15, 0.2) is 0 Å². The molecule has 10 heteroatoms. The Kier molecular flexibility index (Phi) is 16.6. The molecule has 0 atom stereocenters. The minimum atomic E-state index is -3.17. The summed E-state index contributed by atoms with van der Waals surface area (Å²) in [6.07, 6.45) is 7.11. The number of rotatable bonds is 6. The van der Waals surface area contributed by atoms with E-state index in [1.54, 1.807) is 25.0 Å². The van der Waals surface area contributed by atoms with Gasteiger partial charge in [0.15, 0.2) is 20.2 Å². The molecule has 0 bridgehead atoms. The van der Waals surface area contributed by atoms with E-state index >= 15 is 0 Å². The number of hydrogen-bond acceptors (Lipinski definition) is 4. The maximum absolute atomic E-state index is 11.3. The number of halogens is 1. The van der Waals surface area contributed by atoms with Crippen molar-refractivity contribution in [3.05, 3.63) is 0 Å². The first-order valence-corrected chi connectivity index (χ1v) is 11.8. The quantitative estimate of drug-likeness (QED) is 0.478. The molecule has 0 spiro atoms. The SMILES string of the molecule is CCN(CC)[S+](C)(C)=O.CCN(CC)[S+](C)(C)=O.[O-]B([O-])F. The molecule has 22 heavy (non-hydrogen) atoms. The Morgan fingerprint density at radius 3 is 0.909 bits per heavy atom. The molecule has 0 saturated heterocycles. The molecule has 6 nitrogen and oxygen atoms in total. The van der Waals surface area contributed by atoms with Crippen LogP contribution in [0, 0.1) is 0 Å². The lowest BCUT2D eigenvalue weighted by molar-refractivity contribution is -0.366. The van der Waals surface area contributed by atoms with Crippen molar-refractivity contribution in [3.63, 3.8) is 0 Å². The molecule has 0 N–H and O–H groups in total. The lowest BCUT2D eigenvalue weighted by Gasteiger charge is -2.15. The standard InChI is InChI=1S/2C6H16NOS.BFO2/c2*1-5-7(6-2)9(3,4)8;2-1(3)4/h2*5-6H2,1-4H3;/q2*+1;-2. The fraction of sp³-hybridized carbons (Fsp3) is 1.00. The van der Waals surface area contributed by atoms with Crippen molar-refractivity contribution in [2.24, 2.45) is 0 Å². The summed E-state index contributed by atoms with van der Waals surface area (Å²) < 4.78 is 36.4. The highest BCUT2D eigenvalue weighted by molar-refractivity contribution is 7.99. The predicted molar refractivity (Wildman–Crippen MR) is 92.5 cm³/mol. The van der Waals surface area contributed by atoms with E-state index in [4.69, 9.17) is 10.0 Å². The van der Waals surface area contributed by atoms with Gasteiger partial charge in [-0.05, 0) is 27.7 Å². The summed E-state index contributed by atoms with van der Waals surface area (Å²) in [6, 6.07) is 0. The van der Waals surface area contributed by atoms with Crippen molar-refractivity contribution >= 4 is 27.6 Å². The van der Waals surface area contributed by atoms with Gasteiger partial charge in [0, 0.05) is 26.2 Å². The molecule has 0 heterocycles. The van der Waals surface area contributed by atoms with E-state index in [0.29, 0.717) is 0 Å². The highest BCUT2D eigenvalue weighted by atomic mass is 32.3. The van der Waals surface area contributed by atoms with Gasteiger partial charge in [0.2, 0.25) is 0 Å². The molecule has 0 aliphatic rings. The van der Waals surface area contributed by atoms with Crippen LogP contribution in [0.2, 0.25) is 0 Å². The van der Waals surface area contributed by atoms with E-state index in [-0.39, 0.29) is 0 Å². The van der Waals surface area contributed by atoms with Gasteiger partial charge in [0.05, 0.1) is 0 Å². The predicted octanol–water partition coefficient (Wildman–Crippen LogP) is -0.334. The number of hydrogen-bond donors (Lipinski definition) is 0. The Morgan fingerprint density at radius 1 is 0.773 bits per heavy atom. The molecule has 0 aliphatic heterocycles. The van der Waals surface area contributed by atoms with Crippen LogP contribution in [-0.4, -0.2) is 67.2 Å². The fourth-order valence-electron chi connectivity index (χ4n) is 1.69. The zero-order valence-corrected chi connectivity index (χ0v) is 16.8. The molecule has 0 unspecified atom stereocenters. The van der Waals surface area contributed by atoms with Gasteiger partial charge in [-0.1, -0.05) is 8.42 Å². The second-order valence-corrected chi connectivity index (χ2v) is 10.6. The van der Waals surface area contributed by atoms with Crippen molar-refractivity contribution in [2.75, 3.05) is 51.2 Å². The smallest absolute Gasteiger partial charge is 0.152 e. The second-order valence-electron chi connectivity index (χ2n) is 4.87. The monoisotopic (exact) mass is 362 g/mol. The molecule has 0 aromatic heterocycles. The summed E-state index contributed by atoms with van der Waals surface area (Å²) in [5, 5.41) is 16.6. The Hall–Kier alpha value is 0.135. The van der Waals surface area contributed by atoms with E-state index in [1.807, 2.05) is 36.3 Å². The van der Waals surface area contributed by atoms with Crippen LogP contribution in [-0.2, 0) is 28.7 Å². The fourth-order valence-corrected chi connectivity index (χ4v) is 4.18. The van der Waals surface area contributed by atoms with Gasteiger partial charge < -0.3 is 14.4 Å². The Bertz CT molecular complexity index is 309. The lowest BCUT2D eigenvalue weighted by Crippen LogP contribution is -2.39. The molecule has 136 valence electrons. The van der Waals surface area contributed by atoms with Gasteiger partial charge in [0.1, 0.15) is 32.4 Å². The molecule has 0 rings (SSSR count). The molecule has 0 radical (unpaired) electrons. The maximum atomic E-state index is 11.3. The van der Waals surface area contributed by atoms with Gasteiger partial charge in [-0.15, -0.1) is 8.61 Å². The molecule has 0 fully saturated rings. The van der Waals surface area contributed by atoms with Crippen molar-refractivity contribution in [1.29, 1.82) is 0 Å². The Labute approximate surface area is 138 Å². The first-order valence-electron chi connectivity index (χ1n) is 7.11. The Morgan fingerprint density at radius 2 is 0.909 bits per heavy atom. The molecule has 0 aliphatic carbocycles. The van der Waals surface area contributed by atoms with Crippen LogP contribution in [0.3, 0.4) is 0 Å². The van der Waals surface area contributed by atoms with Gasteiger partial charge in [-0.3, -0.25) is 0 Å². The first-order chi connectivity index (χ1) is 9.77. The normalized spacial score (nSPS) is 11.5. The zero-order chi connectivity index (χ0) is 18.6. The third-order valence-corrected chi connectivity index (χ3v) is 6.17. The molecular weight excluding hydrogens is 330 g/mol. The minimum absolute atomic E-state index is 0.877.